The molecule has 0 aromatic heterocycles. The minimum atomic E-state index is -0.455. The van der Waals surface area contributed by atoms with Crippen LogP contribution < -0.4 is 9.47 Å². The van der Waals surface area contributed by atoms with Gasteiger partial charge in [0.2, 0.25) is 6.79 Å². The number of likely N-dealkylation sites (tertiary alicyclic amines) is 1. The summed E-state index contributed by atoms with van der Waals surface area (Å²) in [6.07, 6.45) is -0.0393. The molecule has 19 heavy (non-hydrogen) atoms. The van der Waals surface area contributed by atoms with Crippen molar-refractivity contribution in [2.45, 2.75) is 13.0 Å². The number of Topliss-reactive ketones (excluding diaryl/α,β-unsaturated/α-hetero) is 1. The molecule has 100 valence electrons. The number of hydrogen-bond donors (Lipinski definition) is 0. The first-order chi connectivity index (χ1) is 9.22. The molecule has 0 N–H and O–H groups in total. The first-order valence-electron chi connectivity index (χ1n) is 6.04. The van der Waals surface area contributed by atoms with Gasteiger partial charge in [0, 0.05) is 13.0 Å². The Balaban J connectivity index is 1.57. The van der Waals surface area contributed by atoms with Crippen molar-refractivity contribution in [3.63, 3.8) is 0 Å². The second-order valence-corrected chi connectivity index (χ2v) is 4.45. The third-order valence-corrected chi connectivity index (χ3v) is 3.09. The van der Waals surface area contributed by atoms with E-state index in [1.54, 1.807) is 12.1 Å². The van der Waals surface area contributed by atoms with E-state index in [2.05, 4.69) is 0 Å². The number of ether oxygens (including phenoxy) is 3. The highest BCUT2D eigenvalue weighted by molar-refractivity contribution is 5.87. The predicted octanol–water partition coefficient (Wildman–Crippen LogP) is 1.33. The smallest absolute Gasteiger partial charge is 0.410 e. The van der Waals surface area contributed by atoms with E-state index in [0.717, 1.165) is 5.56 Å². The van der Waals surface area contributed by atoms with Crippen LogP contribution in [0.1, 0.15) is 12.0 Å². The molecular weight excluding hydrogens is 250 g/mol. The van der Waals surface area contributed by atoms with Crippen LogP contribution in [0.5, 0.6) is 11.5 Å². The van der Waals surface area contributed by atoms with E-state index in [1.807, 2.05) is 6.07 Å². The fourth-order valence-corrected chi connectivity index (χ4v) is 2.05. The molecule has 2 heterocycles. The van der Waals surface area contributed by atoms with Crippen LogP contribution in [0, 0.1) is 0 Å². The van der Waals surface area contributed by atoms with Crippen LogP contribution in [0.25, 0.3) is 0 Å². The second-order valence-electron chi connectivity index (χ2n) is 4.45. The molecular formula is C13H13NO5. The predicted molar refractivity (Wildman–Crippen MR) is 63.9 cm³/mol. The standard InChI is InChI=1S/C13H13NO5/c15-10-3-4-14(6-10)13(16)17-7-9-1-2-11-12(5-9)19-8-18-11/h1-2,5H,3-4,6-8H2. The van der Waals surface area contributed by atoms with Gasteiger partial charge in [-0.05, 0) is 17.7 Å². The maximum atomic E-state index is 11.7. The van der Waals surface area contributed by atoms with Gasteiger partial charge < -0.3 is 19.1 Å². The van der Waals surface area contributed by atoms with E-state index in [9.17, 15) is 9.59 Å². The summed E-state index contributed by atoms with van der Waals surface area (Å²) in [6.45, 7) is 0.966. The normalized spacial score (nSPS) is 16.8. The zero-order valence-corrected chi connectivity index (χ0v) is 10.3. The van der Waals surface area contributed by atoms with E-state index in [4.69, 9.17) is 14.2 Å². The van der Waals surface area contributed by atoms with Crippen LogP contribution in [-0.2, 0) is 16.1 Å². The number of carbonyl (C=O) groups excluding carboxylic acids is 2. The first-order valence-corrected chi connectivity index (χ1v) is 6.04. The number of nitrogens with zero attached hydrogens (tertiary/aromatic N) is 1. The molecule has 1 amide bonds. The molecule has 0 aliphatic carbocycles. The van der Waals surface area contributed by atoms with Gasteiger partial charge in [0.05, 0.1) is 6.54 Å². The molecule has 6 nitrogen and oxygen atoms in total. The topological polar surface area (TPSA) is 65.1 Å². The molecule has 2 aliphatic heterocycles. The molecule has 2 aliphatic rings. The lowest BCUT2D eigenvalue weighted by atomic mass is 10.2. The molecule has 0 saturated carbocycles. The largest absolute Gasteiger partial charge is 0.454 e. The number of rotatable bonds is 2. The van der Waals surface area contributed by atoms with Crippen molar-refractivity contribution >= 4 is 11.9 Å². The lowest BCUT2D eigenvalue weighted by Gasteiger charge is -2.14. The van der Waals surface area contributed by atoms with E-state index in [1.165, 1.54) is 4.90 Å². The van der Waals surface area contributed by atoms with E-state index < -0.39 is 6.09 Å². The van der Waals surface area contributed by atoms with Gasteiger partial charge in [-0.15, -0.1) is 0 Å². The average Bonchev–Trinajstić information content (AvgIpc) is 3.03. The molecule has 0 atom stereocenters. The maximum absolute atomic E-state index is 11.7. The third-order valence-electron chi connectivity index (χ3n) is 3.09. The Hall–Kier alpha value is -2.24. The molecule has 1 aromatic carbocycles. The molecule has 6 heteroatoms. The summed E-state index contributed by atoms with van der Waals surface area (Å²) >= 11 is 0. The summed E-state index contributed by atoms with van der Waals surface area (Å²) in [5, 5.41) is 0. The quantitative estimate of drug-likeness (QED) is 0.805. The van der Waals surface area contributed by atoms with E-state index in [0.29, 0.717) is 24.5 Å². The number of carbonyl (C=O) groups is 2. The van der Waals surface area contributed by atoms with Crippen molar-refractivity contribution in [2.24, 2.45) is 0 Å². The number of hydrogen-bond acceptors (Lipinski definition) is 5. The lowest BCUT2D eigenvalue weighted by Crippen LogP contribution is -2.29. The average molecular weight is 263 g/mol. The number of benzene rings is 1. The molecule has 0 spiro atoms. The molecule has 0 unspecified atom stereocenters. The lowest BCUT2D eigenvalue weighted by molar-refractivity contribution is -0.116. The molecule has 0 bridgehead atoms. The van der Waals surface area contributed by atoms with Crippen molar-refractivity contribution in [3.8, 4) is 11.5 Å². The Bertz CT molecular complexity index is 528. The van der Waals surface area contributed by atoms with Crippen LogP contribution >= 0.6 is 0 Å². The summed E-state index contributed by atoms with van der Waals surface area (Å²) < 4.78 is 15.6. The number of amides is 1. The Morgan fingerprint density at radius 2 is 2.16 bits per heavy atom. The van der Waals surface area contributed by atoms with Crippen molar-refractivity contribution < 1.29 is 23.8 Å². The van der Waals surface area contributed by atoms with Crippen LogP contribution in [0.15, 0.2) is 18.2 Å². The van der Waals surface area contributed by atoms with E-state index in [-0.39, 0.29) is 25.7 Å². The SMILES string of the molecule is O=C1CCN(C(=O)OCc2ccc3c(c2)OCO3)C1. The highest BCUT2D eigenvalue weighted by Crippen LogP contribution is 2.32. The zero-order valence-electron chi connectivity index (χ0n) is 10.3. The number of fused-ring (bicyclic) bond motifs is 1. The highest BCUT2D eigenvalue weighted by Gasteiger charge is 2.25. The third kappa shape index (κ3) is 2.47. The van der Waals surface area contributed by atoms with Crippen LogP contribution in [0.4, 0.5) is 4.79 Å². The Morgan fingerprint density at radius 3 is 2.95 bits per heavy atom. The second kappa shape index (κ2) is 4.79. The van der Waals surface area contributed by atoms with Gasteiger partial charge in [-0.25, -0.2) is 4.79 Å². The molecule has 1 aromatic rings. The van der Waals surface area contributed by atoms with Gasteiger partial charge in [0.1, 0.15) is 6.61 Å². The van der Waals surface area contributed by atoms with Crippen molar-refractivity contribution in [1.82, 2.24) is 4.90 Å². The van der Waals surface area contributed by atoms with Gasteiger partial charge in [0.25, 0.3) is 0 Å². The zero-order chi connectivity index (χ0) is 13.2. The molecule has 3 rings (SSSR count). The summed E-state index contributed by atoms with van der Waals surface area (Å²) in [5.74, 6) is 1.42. The fraction of sp³-hybridized carbons (Fsp3) is 0.385. The van der Waals surface area contributed by atoms with Crippen LogP contribution in [0.3, 0.4) is 0 Å². The summed E-state index contributed by atoms with van der Waals surface area (Å²) in [4.78, 5) is 24.2. The van der Waals surface area contributed by atoms with Crippen molar-refractivity contribution in [1.29, 1.82) is 0 Å². The van der Waals surface area contributed by atoms with Crippen molar-refractivity contribution in [3.05, 3.63) is 23.8 Å². The Kier molecular flexibility index (Phi) is 2.98. The maximum Gasteiger partial charge on any atom is 0.410 e. The highest BCUT2D eigenvalue weighted by atomic mass is 16.7. The summed E-state index contributed by atoms with van der Waals surface area (Å²) in [5.41, 5.74) is 0.822. The van der Waals surface area contributed by atoms with Gasteiger partial charge in [-0.1, -0.05) is 6.07 Å². The van der Waals surface area contributed by atoms with Gasteiger partial charge in [-0.2, -0.15) is 0 Å². The van der Waals surface area contributed by atoms with Gasteiger partial charge in [0.15, 0.2) is 17.3 Å². The Morgan fingerprint density at radius 1 is 1.32 bits per heavy atom. The molecule has 1 fully saturated rings. The van der Waals surface area contributed by atoms with Crippen LogP contribution in [-0.4, -0.2) is 36.7 Å². The van der Waals surface area contributed by atoms with Gasteiger partial charge in [-0.3, -0.25) is 4.79 Å². The van der Waals surface area contributed by atoms with Crippen LogP contribution in [0.2, 0.25) is 0 Å². The summed E-state index contributed by atoms with van der Waals surface area (Å²) in [6, 6.07) is 5.38. The van der Waals surface area contributed by atoms with E-state index >= 15 is 0 Å². The molecule has 0 radical (unpaired) electrons. The Labute approximate surface area is 109 Å². The monoisotopic (exact) mass is 263 g/mol. The fourth-order valence-electron chi connectivity index (χ4n) is 2.05. The molecule has 1 saturated heterocycles. The number of ketones is 1. The first kappa shape index (κ1) is 11.8. The van der Waals surface area contributed by atoms with Crippen molar-refractivity contribution in [2.75, 3.05) is 19.9 Å². The minimum Gasteiger partial charge on any atom is -0.454 e. The van der Waals surface area contributed by atoms with Gasteiger partial charge >= 0.3 is 6.09 Å². The summed E-state index contributed by atoms with van der Waals surface area (Å²) in [7, 11) is 0. The minimum absolute atomic E-state index is 0.0695.